The minimum atomic E-state index is -0.528. The molecule has 2 aromatic heterocycles. The van der Waals surface area contributed by atoms with Gasteiger partial charge in [-0.25, -0.2) is 4.98 Å². The van der Waals surface area contributed by atoms with E-state index in [1.165, 1.54) is 0 Å². The Morgan fingerprint density at radius 2 is 2.03 bits per heavy atom. The molecule has 0 bridgehead atoms. The lowest BCUT2D eigenvalue weighted by Crippen LogP contribution is -2.21. The number of anilines is 4. The number of amides is 1. The molecule has 2 aliphatic rings. The Balaban J connectivity index is 1.31. The zero-order valence-corrected chi connectivity index (χ0v) is 19.4. The van der Waals surface area contributed by atoms with Crippen LogP contribution in [0.3, 0.4) is 0 Å². The molecular weight excluding hydrogens is 430 g/mol. The molecule has 6 rings (SSSR count). The minimum Gasteiger partial charge on any atom is -0.497 e. The lowest BCUT2D eigenvalue weighted by atomic mass is 9.91. The van der Waals surface area contributed by atoms with E-state index in [1.54, 1.807) is 13.3 Å². The first-order chi connectivity index (χ1) is 16.4. The average Bonchev–Trinajstić information content (AvgIpc) is 3.38. The van der Waals surface area contributed by atoms with E-state index < -0.39 is 5.41 Å². The van der Waals surface area contributed by atoms with Gasteiger partial charge in [-0.05, 0) is 54.8 Å². The number of methoxy groups -OCH3 is 1. The fraction of sp³-hybridized carbons (Fsp3) is 0.280. The van der Waals surface area contributed by atoms with Gasteiger partial charge in [0.25, 0.3) is 0 Å². The average molecular weight is 456 g/mol. The number of nitrogens with one attached hydrogen (secondary N) is 3. The van der Waals surface area contributed by atoms with E-state index in [1.807, 2.05) is 50.2 Å². The summed E-state index contributed by atoms with van der Waals surface area (Å²) in [6, 6.07) is 12.0. The number of hydrogen-bond donors (Lipinski definition) is 3. The summed E-state index contributed by atoms with van der Waals surface area (Å²) in [6.07, 6.45) is 2.57. The highest BCUT2D eigenvalue weighted by Gasteiger charge is 2.65. The Labute approximate surface area is 196 Å². The second-order valence-electron chi connectivity index (χ2n) is 9.19. The summed E-state index contributed by atoms with van der Waals surface area (Å²) < 4.78 is 5.40. The monoisotopic (exact) mass is 455 g/mol. The van der Waals surface area contributed by atoms with E-state index in [4.69, 9.17) is 4.74 Å². The van der Waals surface area contributed by atoms with Gasteiger partial charge in [-0.2, -0.15) is 10.1 Å². The second-order valence-corrected chi connectivity index (χ2v) is 9.19. The number of H-pyrrole nitrogens is 1. The fourth-order valence-corrected chi connectivity index (χ4v) is 4.93. The topological polar surface area (TPSA) is 108 Å². The molecule has 9 heteroatoms. The summed E-state index contributed by atoms with van der Waals surface area (Å²) in [4.78, 5) is 23.8. The standard InChI is InChI=1S/C25H25N7O2/c1-13-12-26-24(32(2)3)29-21(13)28-22-16-7-5-14(9-20(16)30-31-22)18-11-25(18)17-10-15(34-4)6-8-19(17)27-23(25)33/h5-10,12,18H,11H2,1-4H3,(H,27,33)(H2,26,28,29,30,31)/t18-,25-/m0/s1. The van der Waals surface area contributed by atoms with Gasteiger partial charge < -0.3 is 20.3 Å². The number of aromatic amines is 1. The van der Waals surface area contributed by atoms with Gasteiger partial charge in [-0.15, -0.1) is 0 Å². The maximum atomic E-state index is 13.0. The highest BCUT2D eigenvalue weighted by molar-refractivity contribution is 6.10. The molecule has 2 atom stereocenters. The number of nitrogens with zero attached hydrogens (tertiary/aromatic N) is 4. The first-order valence-electron chi connectivity index (χ1n) is 11.2. The molecule has 1 amide bonds. The summed E-state index contributed by atoms with van der Waals surface area (Å²) in [5, 5.41) is 15.0. The summed E-state index contributed by atoms with van der Waals surface area (Å²) in [5.41, 5.74) is 4.32. The van der Waals surface area contributed by atoms with Crippen LogP contribution in [0.2, 0.25) is 0 Å². The summed E-state index contributed by atoms with van der Waals surface area (Å²) in [7, 11) is 5.46. The Bertz CT molecular complexity index is 1460. The molecule has 34 heavy (non-hydrogen) atoms. The predicted molar refractivity (Wildman–Crippen MR) is 131 cm³/mol. The maximum Gasteiger partial charge on any atom is 0.235 e. The molecule has 9 nitrogen and oxygen atoms in total. The highest BCUT2D eigenvalue weighted by atomic mass is 16.5. The molecule has 4 aromatic rings. The SMILES string of the molecule is COc1ccc2c(c1)[C@]1(C[C@H]1c1ccc3c(Nc4nc(N(C)C)ncc4C)n[nH]c3c1)C(=O)N2. The van der Waals surface area contributed by atoms with Crippen LogP contribution >= 0.6 is 0 Å². The van der Waals surface area contributed by atoms with Crippen LogP contribution in [-0.4, -0.2) is 47.3 Å². The van der Waals surface area contributed by atoms with Crippen molar-refractivity contribution in [2.45, 2.75) is 24.7 Å². The van der Waals surface area contributed by atoms with Crippen LogP contribution in [0.4, 0.5) is 23.3 Å². The van der Waals surface area contributed by atoms with Crippen molar-refractivity contribution in [1.82, 2.24) is 20.2 Å². The Morgan fingerprint density at radius 3 is 2.82 bits per heavy atom. The van der Waals surface area contributed by atoms with Crippen LogP contribution in [0.5, 0.6) is 5.75 Å². The third kappa shape index (κ3) is 2.93. The molecule has 3 heterocycles. The van der Waals surface area contributed by atoms with Crippen LogP contribution < -0.4 is 20.3 Å². The minimum absolute atomic E-state index is 0.0590. The third-order valence-electron chi connectivity index (χ3n) is 6.91. The largest absolute Gasteiger partial charge is 0.497 e. The summed E-state index contributed by atoms with van der Waals surface area (Å²) >= 11 is 0. The number of carbonyl (C=O) groups excluding carboxylic acids is 1. The quantitative estimate of drug-likeness (QED) is 0.419. The van der Waals surface area contributed by atoms with Crippen molar-refractivity contribution in [2.24, 2.45) is 0 Å². The van der Waals surface area contributed by atoms with E-state index in [9.17, 15) is 4.79 Å². The molecule has 0 saturated heterocycles. The molecular formula is C25H25N7O2. The third-order valence-corrected chi connectivity index (χ3v) is 6.91. The first kappa shape index (κ1) is 20.5. The maximum absolute atomic E-state index is 13.0. The Morgan fingerprint density at radius 1 is 1.18 bits per heavy atom. The molecule has 172 valence electrons. The Hall–Kier alpha value is -4.14. The van der Waals surface area contributed by atoms with Gasteiger partial charge >= 0.3 is 0 Å². The molecule has 1 saturated carbocycles. The predicted octanol–water partition coefficient (Wildman–Crippen LogP) is 3.86. The molecule has 0 radical (unpaired) electrons. The van der Waals surface area contributed by atoms with Gasteiger partial charge in [0.05, 0.1) is 18.0 Å². The van der Waals surface area contributed by atoms with Crippen molar-refractivity contribution in [1.29, 1.82) is 0 Å². The summed E-state index contributed by atoms with van der Waals surface area (Å²) in [6.45, 7) is 1.96. The van der Waals surface area contributed by atoms with Crippen molar-refractivity contribution in [3.63, 3.8) is 0 Å². The Kier molecular flexibility index (Phi) is 4.32. The molecule has 1 aliphatic carbocycles. The number of rotatable bonds is 5. The number of carbonyl (C=O) groups is 1. The van der Waals surface area contributed by atoms with Crippen LogP contribution in [0.15, 0.2) is 42.6 Å². The van der Waals surface area contributed by atoms with E-state index in [-0.39, 0.29) is 11.8 Å². The molecule has 1 fully saturated rings. The van der Waals surface area contributed by atoms with Gasteiger partial charge in [0, 0.05) is 42.8 Å². The second kappa shape index (κ2) is 7.18. The van der Waals surface area contributed by atoms with Crippen LogP contribution in [0, 0.1) is 6.92 Å². The van der Waals surface area contributed by atoms with Crippen molar-refractivity contribution in [3.8, 4) is 5.75 Å². The van der Waals surface area contributed by atoms with E-state index in [2.05, 4.69) is 42.9 Å². The highest BCUT2D eigenvalue weighted by Crippen LogP contribution is 2.65. The van der Waals surface area contributed by atoms with Crippen LogP contribution in [-0.2, 0) is 10.2 Å². The smallest absolute Gasteiger partial charge is 0.235 e. The van der Waals surface area contributed by atoms with E-state index in [0.717, 1.165) is 45.5 Å². The molecule has 1 spiro atoms. The lowest BCUT2D eigenvalue weighted by molar-refractivity contribution is -0.118. The number of fused-ring (bicyclic) bond motifs is 3. The number of ether oxygens (including phenoxy) is 1. The first-order valence-corrected chi connectivity index (χ1v) is 11.2. The van der Waals surface area contributed by atoms with Gasteiger partial charge in [0.2, 0.25) is 11.9 Å². The van der Waals surface area contributed by atoms with Crippen molar-refractivity contribution < 1.29 is 9.53 Å². The molecule has 0 unspecified atom stereocenters. The van der Waals surface area contributed by atoms with Crippen LogP contribution in [0.1, 0.15) is 29.0 Å². The number of hydrogen-bond acceptors (Lipinski definition) is 7. The number of aryl methyl sites for hydroxylation is 1. The fourth-order valence-electron chi connectivity index (χ4n) is 4.93. The zero-order valence-electron chi connectivity index (χ0n) is 19.4. The number of aromatic nitrogens is 4. The van der Waals surface area contributed by atoms with E-state index in [0.29, 0.717) is 17.6 Å². The van der Waals surface area contributed by atoms with Gasteiger partial charge in [-0.3, -0.25) is 9.89 Å². The molecule has 1 aliphatic heterocycles. The van der Waals surface area contributed by atoms with Crippen LogP contribution in [0.25, 0.3) is 10.9 Å². The zero-order chi connectivity index (χ0) is 23.6. The summed E-state index contributed by atoms with van der Waals surface area (Å²) in [5.74, 6) is 2.97. The van der Waals surface area contributed by atoms with Gasteiger partial charge in [0.15, 0.2) is 5.82 Å². The van der Waals surface area contributed by atoms with Gasteiger partial charge in [0.1, 0.15) is 11.6 Å². The van der Waals surface area contributed by atoms with Crippen molar-refractivity contribution in [2.75, 3.05) is 36.7 Å². The molecule has 3 N–H and O–H groups in total. The lowest BCUT2D eigenvalue weighted by Gasteiger charge is -2.13. The number of benzene rings is 2. The van der Waals surface area contributed by atoms with Crippen molar-refractivity contribution in [3.05, 3.63) is 59.3 Å². The normalized spacial score (nSPS) is 20.4. The van der Waals surface area contributed by atoms with Gasteiger partial charge in [-0.1, -0.05) is 6.07 Å². The van der Waals surface area contributed by atoms with E-state index >= 15 is 0 Å². The molecule has 2 aromatic carbocycles. The van der Waals surface area contributed by atoms with Crippen molar-refractivity contribution >= 4 is 40.1 Å².